The minimum atomic E-state index is -4.41. The maximum atomic E-state index is 12.6. The van der Waals surface area contributed by atoms with Crippen LogP contribution in [0.2, 0.25) is 5.15 Å². The number of aromatic nitrogens is 1. The van der Waals surface area contributed by atoms with E-state index >= 15 is 0 Å². The maximum absolute atomic E-state index is 12.6. The lowest BCUT2D eigenvalue weighted by Gasteiger charge is -2.08. The minimum absolute atomic E-state index is 0.150. The average molecular weight is 278 g/mol. The highest BCUT2D eigenvalue weighted by Gasteiger charge is 2.31. The number of pyridine rings is 1. The van der Waals surface area contributed by atoms with Crippen LogP contribution in [0.1, 0.15) is 11.1 Å². The lowest BCUT2D eigenvalue weighted by molar-refractivity contribution is -0.137. The summed E-state index contributed by atoms with van der Waals surface area (Å²) in [5.41, 5.74) is 0.371. The number of hydrogen-bond acceptors (Lipinski definition) is 2. The van der Waals surface area contributed by atoms with Gasteiger partial charge in [-0.25, -0.2) is 4.98 Å². The normalized spacial score (nSPS) is 11.8. The van der Waals surface area contributed by atoms with Crippen molar-refractivity contribution in [3.8, 4) is 10.6 Å². The van der Waals surface area contributed by atoms with Gasteiger partial charge in [-0.2, -0.15) is 13.2 Å². The summed E-state index contributed by atoms with van der Waals surface area (Å²) in [6, 6.07) is 3.68. The Balaban J connectivity index is 2.57. The van der Waals surface area contributed by atoms with Crippen LogP contribution in [0.3, 0.4) is 0 Å². The molecule has 0 saturated carbocycles. The van der Waals surface area contributed by atoms with Crippen molar-refractivity contribution < 1.29 is 13.2 Å². The van der Waals surface area contributed by atoms with Gasteiger partial charge in [-0.3, -0.25) is 0 Å². The van der Waals surface area contributed by atoms with Gasteiger partial charge in [-0.1, -0.05) is 11.6 Å². The number of halogens is 4. The summed E-state index contributed by atoms with van der Waals surface area (Å²) in [6.45, 7) is 1.82. The summed E-state index contributed by atoms with van der Waals surface area (Å²) in [4.78, 5) is 4.63. The molecule has 2 aromatic heterocycles. The molecule has 0 radical (unpaired) electrons. The van der Waals surface area contributed by atoms with Crippen molar-refractivity contribution >= 4 is 22.9 Å². The molecule has 0 N–H and O–H groups in total. The Morgan fingerprint density at radius 2 is 2.00 bits per heavy atom. The van der Waals surface area contributed by atoms with E-state index in [-0.39, 0.29) is 10.8 Å². The van der Waals surface area contributed by atoms with Crippen LogP contribution in [0.15, 0.2) is 23.6 Å². The summed E-state index contributed by atoms with van der Waals surface area (Å²) >= 11 is 6.96. The fourth-order valence-electron chi connectivity index (χ4n) is 1.41. The van der Waals surface area contributed by atoms with Crippen molar-refractivity contribution in [2.24, 2.45) is 0 Å². The first-order valence-electron chi connectivity index (χ1n) is 4.67. The molecule has 0 spiro atoms. The van der Waals surface area contributed by atoms with E-state index in [4.69, 9.17) is 11.6 Å². The predicted octanol–water partition coefficient (Wildman–Crippen LogP) is 4.79. The number of alkyl halides is 3. The Morgan fingerprint density at radius 1 is 1.29 bits per heavy atom. The van der Waals surface area contributed by atoms with Gasteiger partial charge in [0.15, 0.2) is 0 Å². The third kappa shape index (κ3) is 2.61. The Labute approximate surface area is 105 Å². The van der Waals surface area contributed by atoms with Crippen LogP contribution in [-0.2, 0) is 6.18 Å². The molecular formula is C11H7ClF3NS. The Morgan fingerprint density at radius 3 is 2.53 bits per heavy atom. The smallest absolute Gasteiger partial charge is 0.235 e. The first-order valence-corrected chi connectivity index (χ1v) is 5.93. The third-order valence-corrected chi connectivity index (χ3v) is 3.45. The number of hydrogen-bond donors (Lipinski definition) is 0. The summed E-state index contributed by atoms with van der Waals surface area (Å²) in [7, 11) is 0. The molecule has 0 atom stereocenters. The molecule has 0 aliphatic heterocycles. The van der Waals surface area contributed by atoms with Gasteiger partial charge in [0.05, 0.1) is 16.1 Å². The lowest BCUT2D eigenvalue weighted by Crippen LogP contribution is -2.05. The van der Waals surface area contributed by atoms with Crippen molar-refractivity contribution in [3.63, 3.8) is 0 Å². The SMILES string of the molecule is Cc1ccsc1-c1cc(C(F)(F)F)cc(Cl)n1. The molecule has 0 saturated heterocycles. The van der Waals surface area contributed by atoms with Gasteiger partial charge < -0.3 is 0 Å². The number of aryl methyl sites for hydroxylation is 1. The van der Waals surface area contributed by atoms with E-state index < -0.39 is 11.7 Å². The van der Waals surface area contributed by atoms with Gasteiger partial charge in [0.25, 0.3) is 0 Å². The van der Waals surface area contributed by atoms with Crippen LogP contribution in [0, 0.1) is 6.92 Å². The van der Waals surface area contributed by atoms with E-state index in [9.17, 15) is 13.2 Å². The van der Waals surface area contributed by atoms with Crippen LogP contribution in [0.4, 0.5) is 13.2 Å². The highest BCUT2D eigenvalue weighted by Crippen LogP contribution is 2.35. The minimum Gasteiger partial charge on any atom is -0.235 e. The molecule has 0 amide bonds. The second-order valence-corrected chi connectivity index (χ2v) is 4.80. The van der Waals surface area contributed by atoms with Crippen LogP contribution in [-0.4, -0.2) is 4.98 Å². The summed E-state index contributed by atoms with van der Waals surface area (Å²) < 4.78 is 37.8. The fraction of sp³-hybridized carbons (Fsp3) is 0.182. The quantitative estimate of drug-likeness (QED) is 0.683. The molecular weight excluding hydrogens is 271 g/mol. The standard InChI is InChI=1S/C11H7ClF3NS/c1-6-2-3-17-10(6)8-4-7(11(13,14)15)5-9(12)16-8/h2-5H,1H3. The van der Waals surface area contributed by atoms with E-state index in [1.54, 1.807) is 5.38 Å². The molecule has 0 aliphatic carbocycles. The zero-order chi connectivity index (χ0) is 12.6. The van der Waals surface area contributed by atoms with Crippen molar-refractivity contribution in [3.05, 3.63) is 39.9 Å². The largest absolute Gasteiger partial charge is 0.416 e. The van der Waals surface area contributed by atoms with E-state index in [1.165, 1.54) is 11.3 Å². The van der Waals surface area contributed by atoms with Crippen LogP contribution in [0.5, 0.6) is 0 Å². The average Bonchev–Trinajstić information content (AvgIpc) is 2.62. The highest BCUT2D eigenvalue weighted by atomic mass is 35.5. The number of nitrogens with zero attached hydrogens (tertiary/aromatic N) is 1. The van der Waals surface area contributed by atoms with Crippen molar-refractivity contribution in [2.75, 3.05) is 0 Å². The second kappa shape index (κ2) is 4.31. The lowest BCUT2D eigenvalue weighted by atomic mass is 10.1. The fourth-order valence-corrected chi connectivity index (χ4v) is 2.51. The van der Waals surface area contributed by atoms with Crippen LogP contribution in [0.25, 0.3) is 10.6 Å². The van der Waals surface area contributed by atoms with Crippen molar-refractivity contribution in [2.45, 2.75) is 13.1 Å². The summed E-state index contributed by atoms with van der Waals surface area (Å²) in [6.07, 6.45) is -4.41. The zero-order valence-electron chi connectivity index (χ0n) is 8.68. The zero-order valence-corrected chi connectivity index (χ0v) is 10.2. The molecule has 2 rings (SSSR count). The van der Waals surface area contributed by atoms with Gasteiger partial charge >= 0.3 is 6.18 Å². The van der Waals surface area contributed by atoms with E-state index in [0.717, 1.165) is 17.7 Å². The molecule has 0 unspecified atom stereocenters. The highest BCUT2D eigenvalue weighted by molar-refractivity contribution is 7.13. The molecule has 1 nitrogen and oxygen atoms in total. The molecule has 17 heavy (non-hydrogen) atoms. The molecule has 6 heteroatoms. The van der Waals surface area contributed by atoms with Crippen LogP contribution >= 0.6 is 22.9 Å². The van der Waals surface area contributed by atoms with Crippen LogP contribution < -0.4 is 0 Å². The third-order valence-electron chi connectivity index (χ3n) is 2.22. The summed E-state index contributed by atoms with van der Waals surface area (Å²) in [5, 5.41) is 1.66. The monoisotopic (exact) mass is 277 g/mol. The second-order valence-electron chi connectivity index (χ2n) is 3.49. The molecule has 90 valence electrons. The Bertz CT molecular complexity index is 548. The first-order chi connectivity index (χ1) is 7.88. The van der Waals surface area contributed by atoms with Gasteiger partial charge in [0.1, 0.15) is 5.15 Å². The van der Waals surface area contributed by atoms with Gasteiger partial charge in [0.2, 0.25) is 0 Å². The van der Waals surface area contributed by atoms with Crippen molar-refractivity contribution in [1.82, 2.24) is 4.98 Å². The molecule has 0 bridgehead atoms. The number of rotatable bonds is 1. The Kier molecular flexibility index (Phi) is 3.14. The number of thiophene rings is 1. The molecule has 2 aromatic rings. The van der Waals surface area contributed by atoms with Gasteiger partial charge in [-0.15, -0.1) is 11.3 Å². The molecule has 0 aromatic carbocycles. The summed E-state index contributed by atoms with van der Waals surface area (Å²) in [5.74, 6) is 0. The molecule has 2 heterocycles. The van der Waals surface area contributed by atoms with E-state index in [1.807, 2.05) is 13.0 Å². The van der Waals surface area contributed by atoms with Gasteiger partial charge in [-0.05, 0) is 36.1 Å². The molecule has 0 aliphatic rings. The first kappa shape index (κ1) is 12.4. The maximum Gasteiger partial charge on any atom is 0.416 e. The topological polar surface area (TPSA) is 12.9 Å². The predicted molar refractivity (Wildman–Crippen MR) is 62.3 cm³/mol. The van der Waals surface area contributed by atoms with E-state index in [2.05, 4.69) is 4.98 Å². The molecule has 0 fully saturated rings. The Hall–Kier alpha value is -1.07. The van der Waals surface area contributed by atoms with Gasteiger partial charge in [0, 0.05) is 0 Å². The van der Waals surface area contributed by atoms with Crippen molar-refractivity contribution in [1.29, 1.82) is 0 Å². The van der Waals surface area contributed by atoms with E-state index in [0.29, 0.717) is 4.88 Å².